The van der Waals surface area contributed by atoms with Crippen LogP contribution in [0.15, 0.2) is 48.7 Å². The number of carbonyl (C=O) groups excluding carboxylic acids is 1. The van der Waals surface area contributed by atoms with E-state index in [4.69, 9.17) is 4.74 Å². The van der Waals surface area contributed by atoms with Gasteiger partial charge in [-0.3, -0.25) is 5.32 Å². The van der Waals surface area contributed by atoms with Gasteiger partial charge in [-0.2, -0.15) is 0 Å². The first-order valence-corrected chi connectivity index (χ1v) is 5.64. The number of nitrogens with one attached hydrogen (secondary N) is 1. The van der Waals surface area contributed by atoms with Crippen LogP contribution in [-0.4, -0.2) is 11.1 Å². The molecule has 0 atom stereocenters. The molecule has 0 bridgehead atoms. The Labute approximate surface area is 106 Å². The fourth-order valence-corrected chi connectivity index (χ4v) is 1.41. The average Bonchev–Trinajstić information content (AvgIpc) is 2.39. The topological polar surface area (TPSA) is 51.2 Å². The molecule has 1 heterocycles. The van der Waals surface area contributed by atoms with E-state index in [2.05, 4.69) is 10.3 Å². The lowest BCUT2D eigenvalue weighted by molar-refractivity contribution is 0.155. The maximum atomic E-state index is 11.5. The second-order valence-corrected chi connectivity index (χ2v) is 3.90. The van der Waals surface area contributed by atoms with Crippen LogP contribution >= 0.6 is 0 Å². The van der Waals surface area contributed by atoms with Crippen molar-refractivity contribution in [3.8, 4) is 0 Å². The fraction of sp³-hybridized carbons (Fsp3) is 0.143. The first kappa shape index (κ1) is 12.1. The van der Waals surface area contributed by atoms with Crippen molar-refractivity contribution in [3.05, 3.63) is 59.8 Å². The van der Waals surface area contributed by atoms with Crippen LogP contribution in [0.1, 0.15) is 11.1 Å². The molecule has 0 aliphatic heterocycles. The smallest absolute Gasteiger partial charge is 0.413 e. The number of carbonyl (C=O) groups is 1. The van der Waals surface area contributed by atoms with Gasteiger partial charge in [0.1, 0.15) is 12.4 Å². The Kier molecular flexibility index (Phi) is 3.91. The minimum atomic E-state index is -0.505. The Morgan fingerprint density at radius 1 is 1.22 bits per heavy atom. The van der Waals surface area contributed by atoms with E-state index in [9.17, 15) is 4.79 Å². The molecule has 1 amide bonds. The van der Waals surface area contributed by atoms with E-state index in [1.54, 1.807) is 24.4 Å². The predicted octanol–water partition coefficient (Wildman–Crippen LogP) is 3.14. The van der Waals surface area contributed by atoms with Crippen molar-refractivity contribution in [1.29, 1.82) is 0 Å². The number of pyridine rings is 1. The van der Waals surface area contributed by atoms with Crippen molar-refractivity contribution in [2.24, 2.45) is 0 Å². The second-order valence-electron chi connectivity index (χ2n) is 3.90. The van der Waals surface area contributed by atoms with Crippen molar-refractivity contribution >= 4 is 11.9 Å². The summed E-state index contributed by atoms with van der Waals surface area (Å²) in [4.78, 5) is 15.5. The summed E-state index contributed by atoms with van der Waals surface area (Å²) in [6, 6.07) is 13.1. The molecule has 1 aromatic carbocycles. The van der Waals surface area contributed by atoms with Gasteiger partial charge in [-0.1, -0.05) is 35.9 Å². The molecule has 2 aromatic rings. The summed E-state index contributed by atoms with van der Waals surface area (Å²) in [7, 11) is 0. The number of hydrogen-bond donors (Lipinski definition) is 1. The number of nitrogens with zero attached hydrogens (tertiary/aromatic N) is 1. The zero-order valence-corrected chi connectivity index (χ0v) is 10.1. The fourth-order valence-electron chi connectivity index (χ4n) is 1.41. The molecule has 0 aliphatic carbocycles. The highest BCUT2D eigenvalue weighted by atomic mass is 16.5. The van der Waals surface area contributed by atoms with Gasteiger partial charge < -0.3 is 4.74 Å². The molecule has 0 unspecified atom stereocenters. The van der Waals surface area contributed by atoms with Crippen molar-refractivity contribution in [1.82, 2.24) is 4.98 Å². The third-order valence-electron chi connectivity index (χ3n) is 2.39. The van der Waals surface area contributed by atoms with Crippen molar-refractivity contribution in [2.45, 2.75) is 13.5 Å². The van der Waals surface area contributed by atoms with Gasteiger partial charge in [-0.05, 0) is 24.6 Å². The Bertz CT molecular complexity index is 509. The third kappa shape index (κ3) is 3.59. The van der Waals surface area contributed by atoms with Crippen LogP contribution in [0.3, 0.4) is 0 Å². The molecular formula is C14H14N2O2. The monoisotopic (exact) mass is 242 g/mol. The highest BCUT2D eigenvalue weighted by molar-refractivity contribution is 5.83. The summed E-state index contributed by atoms with van der Waals surface area (Å²) in [6.07, 6.45) is 1.10. The summed E-state index contributed by atoms with van der Waals surface area (Å²) in [5.74, 6) is 0.478. The molecule has 1 N–H and O–H groups in total. The van der Waals surface area contributed by atoms with Crippen molar-refractivity contribution in [3.63, 3.8) is 0 Å². The van der Waals surface area contributed by atoms with Gasteiger partial charge in [-0.15, -0.1) is 0 Å². The van der Waals surface area contributed by atoms with E-state index < -0.39 is 6.09 Å². The van der Waals surface area contributed by atoms with Crippen LogP contribution in [0, 0.1) is 6.92 Å². The standard InChI is InChI=1S/C14H14N2O2/c1-11-5-7-12(8-6-11)10-18-14(17)16-13-4-2-3-9-15-13/h2-9H,10H2,1H3,(H,15,16,17). The first-order valence-electron chi connectivity index (χ1n) is 5.64. The van der Waals surface area contributed by atoms with E-state index in [0.717, 1.165) is 5.56 Å². The molecule has 18 heavy (non-hydrogen) atoms. The molecule has 0 aliphatic rings. The van der Waals surface area contributed by atoms with E-state index in [1.807, 2.05) is 31.2 Å². The van der Waals surface area contributed by atoms with Crippen LogP contribution in [-0.2, 0) is 11.3 Å². The van der Waals surface area contributed by atoms with Gasteiger partial charge in [0.2, 0.25) is 0 Å². The zero-order chi connectivity index (χ0) is 12.8. The number of benzene rings is 1. The third-order valence-corrected chi connectivity index (χ3v) is 2.39. The summed E-state index contributed by atoms with van der Waals surface area (Å²) in [5, 5.41) is 2.55. The van der Waals surface area contributed by atoms with Crippen molar-refractivity contribution in [2.75, 3.05) is 5.32 Å². The van der Waals surface area contributed by atoms with E-state index in [-0.39, 0.29) is 6.61 Å². The summed E-state index contributed by atoms with van der Waals surface area (Å²) >= 11 is 0. The average molecular weight is 242 g/mol. The number of ether oxygens (including phenoxy) is 1. The SMILES string of the molecule is Cc1ccc(COC(=O)Nc2ccccn2)cc1. The number of rotatable bonds is 3. The lowest BCUT2D eigenvalue weighted by atomic mass is 10.2. The van der Waals surface area contributed by atoms with Gasteiger partial charge >= 0.3 is 6.09 Å². The van der Waals surface area contributed by atoms with Crippen LogP contribution < -0.4 is 5.32 Å². The Balaban J connectivity index is 1.83. The summed E-state index contributed by atoms with van der Waals surface area (Å²) < 4.78 is 5.08. The summed E-state index contributed by atoms with van der Waals surface area (Å²) in [6.45, 7) is 2.26. The molecular weight excluding hydrogens is 228 g/mol. The van der Waals surface area contributed by atoms with E-state index >= 15 is 0 Å². The predicted molar refractivity (Wildman–Crippen MR) is 69.2 cm³/mol. The van der Waals surface area contributed by atoms with Crippen LogP contribution in [0.5, 0.6) is 0 Å². The molecule has 4 nitrogen and oxygen atoms in total. The van der Waals surface area contributed by atoms with E-state index in [1.165, 1.54) is 5.56 Å². The maximum absolute atomic E-state index is 11.5. The second kappa shape index (κ2) is 5.82. The van der Waals surface area contributed by atoms with Crippen LogP contribution in [0.25, 0.3) is 0 Å². The van der Waals surface area contributed by atoms with E-state index in [0.29, 0.717) is 5.82 Å². The first-order chi connectivity index (χ1) is 8.74. The van der Waals surface area contributed by atoms with Gasteiger partial charge in [0, 0.05) is 6.20 Å². The molecule has 2 rings (SSSR count). The van der Waals surface area contributed by atoms with Gasteiger partial charge in [0.15, 0.2) is 0 Å². The minimum absolute atomic E-state index is 0.249. The number of aromatic nitrogens is 1. The molecule has 0 saturated heterocycles. The highest BCUT2D eigenvalue weighted by Crippen LogP contribution is 2.06. The Hall–Kier alpha value is -2.36. The molecule has 1 aromatic heterocycles. The number of anilines is 1. The number of hydrogen-bond acceptors (Lipinski definition) is 3. The molecule has 0 fully saturated rings. The number of amides is 1. The quantitative estimate of drug-likeness (QED) is 0.899. The molecule has 4 heteroatoms. The van der Waals surface area contributed by atoms with Gasteiger partial charge in [0.05, 0.1) is 0 Å². The molecule has 92 valence electrons. The molecule has 0 saturated carbocycles. The lowest BCUT2D eigenvalue weighted by Crippen LogP contribution is -2.14. The molecule has 0 radical (unpaired) electrons. The zero-order valence-electron chi connectivity index (χ0n) is 10.1. The Morgan fingerprint density at radius 3 is 2.67 bits per heavy atom. The van der Waals surface area contributed by atoms with Crippen LogP contribution in [0.2, 0.25) is 0 Å². The number of aryl methyl sites for hydroxylation is 1. The Morgan fingerprint density at radius 2 is 2.00 bits per heavy atom. The van der Waals surface area contributed by atoms with Gasteiger partial charge in [-0.25, -0.2) is 9.78 Å². The summed E-state index contributed by atoms with van der Waals surface area (Å²) in [5.41, 5.74) is 2.13. The van der Waals surface area contributed by atoms with Crippen molar-refractivity contribution < 1.29 is 9.53 Å². The largest absolute Gasteiger partial charge is 0.444 e. The lowest BCUT2D eigenvalue weighted by Gasteiger charge is -2.06. The maximum Gasteiger partial charge on any atom is 0.413 e. The minimum Gasteiger partial charge on any atom is -0.444 e. The normalized spacial score (nSPS) is 9.83. The highest BCUT2D eigenvalue weighted by Gasteiger charge is 2.03. The van der Waals surface area contributed by atoms with Gasteiger partial charge in [0.25, 0.3) is 0 Å². The van der Waals surface area contributed by atoms with Crippen LogP contribution in [0.4, 0.5) is 10.6 Å². The molecule has 0 spiro atoms.